The van der Waals surface area contributed by atoms with E-state index < -0.39 is 140 Å². The number of ether oxygens (including phenoxy) is 2. The monoisotopic (exact) mass is 1300 g/mol. The highest BCUT2D eigenvalue weighted by molar-refractivity contribution is 5.88. The molecule has 1 aromatic rings. The van der Waals surface area contributed by atoms with Crippen molar-refractivity contribution in [2.24, 2.45) is 0 Å². The highest BCUT2D eigenvalue weighted by Gasteiger charge is 2.97. The molecule has 0 aliphatic heterocycles. The zero-order valence-electron chi connectivity index (χ0n) is 41.8. The van der Waals surface area contributed by atoms with Gasteiger partial charge in [0.2, 0.25) is 0 Å². The number of carboxylic acid groups (broad SMARTS) is 1. The van der Waals surface area contributed by atoms with Gasteiger partial charge in [-0.3, -0.25) is 0 Å². The van der Waals surface area contributed by atoms with Crippen molar-refractivity contribution < 1.29 is 169 Å². The van der Waals surface area contributed by atoms with Crippen LogP contribution in [0.5, 0.6) is 11.5 Å². The molecule has 0 saturated carbocycles. The molecule has 1 N–H and O–H groups in total. The van der Waals surface area contributed by atoms with E-state index in [-0.39, 0.29) is 56.0 Å². The summed E-state index contributed by atoms with van der Waals surface area (Å²) < 4.78 is 469. The van der Waals surface area contributed by atoms with Crippen LogP contribution in [0.2, 0.25) is 0 Å². The first-order chi connectivity index (χ1) is 37.0. The van der Waals surface area contributed by atoms with E-state index in [1.807, 2.05) is 0 Å². The molecule has 0 unspecified atom stereocenters. The summed E-state index contributed by atoms with van der Waals surface area (Å²) in [5.74, 6) is -115. The number of hydrogen-bond acceptors (Lipinski definition) is 3. The molecular weight excluding hydrogens is 1250 g/mol. The van der Waals surface area contributed by atoms with E-state index in [0.717, 1.165) is 12.1 Å². The molecule has 1 aromatic carbocycles. The normalized spacial score (nSPS) is 15.1. The Balaban J connectivity index is 2.55. The predicted molar refractivity (Wildman–Crippen MR) is 218 cm³/mol. The molecule has 0 aliphatic carbocycles. The van der Waals surface area contributed by atoms with Crippen LogP contribution in [0, 0.1) is 0 Å². The number of benzene rings is 1. The summed E-state index contributed by atoms with van der Waals surface area (Å²) in [6, 6.07) is 3.53. The number of unbranched alkanes of at least 4 members (excludes halogenated alkanes) is 16. The number of halogens is 34. The molecule has 0 heterocycles. The van der Waals surface area contributed by atoms with Crippen LogP contribution >= 0.6 is 0 Å². The van der Waals surface area contributed by atoms with Gasteiger partial charge in [0.1, 0.15) is 0 Å². The summed E-state index contributed by atoms with van der Waals surface area (Å²) in [5.41, 5.74) is -0.234. The SMILES string of the molecule is O=C(O)c1ccc(OCCCCCCCCCCCC(F)(F)C(F)(F)C(F)(F)C(F)(F)C(F)(F)C(F)(F)C(F)(F)C(F)(F)F)c(OCCCCCCCCCCCC(F)(F)C(F)(F)C(F)(F)C(F)(F)C(F)(F)C(F)(F)C(F)(F)C(F)(F)F)c1. The first kappa shape index (κ1) is 76.9. The van der Waals surface area contributed by atoms with Crippen LogP contribution in [0.25, 0.3) is 0 Å². The Hall–Kier alpha value is -4.09. The standard InChI is InChI=1S/C45H48F34O4/c46-30(47,32(50,51)34(54,55)36(58,59)38(62,63)40(66,67)42(70,71)44(74,75)76)21-15-11-7-3-1-5-9-13-17-23-82-27-20-19-26(29(80)81)25-28(27)83-24-18-14-10-6-2-4-8-12-16-22-31(48,49)33(52,53)35(56,57)37(60,61)39(64,65)41(68,69)43(72,73)45(77,78)79/h19-20,25H,1-18,21-24H2,(H,80,81). The summed E-state index contributed by atoms with van der Waals surface area (Å²) in [4.78, 5) is 11.5. The van der Waals surface area contributed by atoms with Crippen LogP contribution in [-0.2, 0) is 0 Å². The van der Waals surface area contributed by atoms with Gasteiger partial charge in [0.15, 0.2) is 11.5 Å². The Bertz CT molecular complexity index is 2190. The lowest BCUT2D eigenvalue weighted by Gasteiger charge is -2.42. The molecule has 0 fully saturated rings. The molecule has 0 radical (unpaired) electrons. The topological polar surface area (TPSA) is 55.8 Å². The van der Waals surface area contributed by atoms with Gasteiger partial charge >= 0.3 is 101 Å². The van der Waals surface area contributed by atoms with Crippen LogP contribution in [0.3, 0.4) is 0 Å². The molecule has 4 nitrogen and oxygen atoms in total. The van der Waals surface area contributed by atoms with Crippen molar-refractivity contribution >= 4 is 5.97 Å². The summed E-state index contributed by atoms with van der Waals surface area (Å²) in [6.07, 6.45) is -20.5. The Labute approximate surface area is 446 Å². The maximum absolute atomic E-state index is 14.1. The van der Waals surface area contributed by atoms with Crippen LogP contribution in [0.1, 0.15) is 139 Å². The van der Waals surface area contributed by atoms with Crippen molar-refractivity contribution in [2.45, 2.75) is 224 Å². The highest BCUT2D eigenvalue weighted by Crippen LogP contribution is 2.66. The van der Waals surface area contributed by atoms with Crippen molar-refractivity contribution in [3.8, 4) is 11.5 Å². The molecular formula is C45H48F34O4. The maximum Gasteiger partial charge on any atom is 0.460 e. The number of carbonyl (C=O) groups is 1. The number of hydrogen-bond donors (Lipinski definition) is 1. The lowest BCUT2D eigenvalue weighted by molar-refractivity contribution is -0.461. The molecule has 0 atom stereocenters. The fourth-order valence-corrected chi connectivity index (χ4v) is 7.32. The maximum atomic E-state index is 14.1. The van der Waals surface area contributed by atoms with Crippen molar-refractivity contribution in [2.75, 3.05) is 13.2 Å². The number of alkyl halides is 34. The van der Waals surface area contributed by atoms with Crippen LogP contribution in [0.15, 0.2) is 18.2 Å². The average Bonchev–Trinajstić information content (AvgIpc) is 1.79. The Morgan fingerprint density at radius 3 is 0.759 bits per heavy atom. The van der Waals surface area contributed by atoms with E-state index in [2.05, 4.69) is 0 Å². The molecule has 0 saturated heterocycles. The predicted octanol–water partition coefficient (Wildman–Crippen LogP) is 20.0. The van der Waals surface area contributed by atoms with Crippen molar-refractivity contribution in [1.29, 1.82) is 0 Å². The van der Waals surface area contributed by atoms with E-state index in [9.17, 15) is 159 Å². The second-order valence-electron chi connectivity index (χ2n) is 18.8. The lowest BCUT2D eigenvalue weighted by Crippen LogP contribution is -2.74. The van der Waals surface area contributed by atoms with E-state index in [1.54, 1.807) is 0 Å². The molecule has 0 bridgehead atoms. The van der Waals surface area contributed by atoms with Gasteiger partial charge in [-0.15, -0.1) is 0 Å². The molecule has 0 amide bonds. The molecule has 83 heavy (non-hydrogen) atoms. The minimum atomic E-state index is -8.70. The number of carboxylic acids is 1. The largest absolute Gasteiger partial charge is 0.490 e. The van der Waals surface area contributed by atoms with Gasteiger partial charge < -0.3 is 14.6 Å². The van der Waals surface area contributed by atoms with Gasteiger partial charge in [-0.2, -0.15) is 149 Å². The third-order valence-corrected chi connectivity index (χ3v) is 12.6. The highest BCUT2D eigenvalue weighted by atomic mass is 19.4. The minimum absolute atomic E-state index is 0.00439. The summed E-state index contributed by atoms with van der Waals surface area (Å²) in [5, 5.41) is 9.35. The van der Waals surface area contributed by atoms with E-state index in [4.69, 9.17) is 9.47 Å². The number of aromatic carboxylic acids is 1. The van der Waals surface area contributed by atoms with Crippen molar-refractivity contribution in [3.05, 3.63) is 23.8 Å². The molecule has 0 spiro atoms. The van der Waals surface area contributed by atoms with E-state index >= 15 is 0 Å². The summed E-state index contributed by atoms with van der Waals surface area (Å²) in [6.45, 7) is -0.0362. The Morgan fingerprint density at radius 2 is 0.506 bits per heavy atom. The molecule has 0 aromatic heterocycles. The Kier molecular flexibility index (Phi) is 24.9. The molecule has 1 rings (SSSR count). The summed E-state index contributed by atoms with van der Waals surface area (Å²) in [7, 11) is 0. The second kappa shape index (κ2) is 26.9. The van der Waals surface area contributed by atoms with Crippen molar-refractivity contribution in [3.63, 3.8) is 0 Å². The fraction of sp³-hybridized carbons (Fsp3) is 0.844. The first-order valence-corrected chi connectivity index (χ1v) is 24.0. The van der Waals surface area contributed by atoms with Gasteiger partial charge in [0.05, 0.1) is 18.8 Å². The van der Waals surface area contributed by atoms with Gasteiger partial charge in [-0.25, -0.2) is 4.79 Å². The smallest absolute Gasteiger partial charge is 0.460 e. The van der Waals surface area contributed by atoms with Gasteiger partial charge in [-0.1, -0.05) is 89.9 Å². The quantitative estimate of drug-likeness (QED) is 0.0527. The molecule has 0 aliphatic rings. The van der Waals surface area contributed by atoms with Crippen LogP contribution in [-0.4, -0.2) is 120 Å². The van der Waals surface area contributed by atoms with Gasteiger partial charge in [0, 0.05) is 12.8 Å². The van der Waals surface area contributed by atoms with E-state index in [1.165, 1.54) is 6.07 Å². The zero-order chi connectivity index (χ0) is 65.4. The zero-order valence-corrected chi connectivity index (χ0v) is 41.8. The van der Waals surface area contributed by atoms with Crippen molar-refractivity contribution in [1.82, 2.24) is 0 Å². The Morgan fingerprint density at radius 1 is 0.289 bits per heavy atom. The van der Waals surface area contributed by atoms with Gasteiger partial charge in [0.25, 0.3) is 0 Å². The first-order valence-electron chi connectivity index (χ1n) is 24.0. The number of rotatable bonds is 39. The molecule has 490 valence electrons. The van der Waals surface area contributed by atoms with E-state index in [0.29, 0.717) is 64.2 Å². The summed E-state index contributed by atoms with van der Waals surface area (Å²) >= 11 is 0. The second-order valence-corrected chi connectivity index (χ2v) is 18.8. The third-order valence-electron chi connectivity index (χ3n) is 12.6. The van der Waals surface area contributed by atoms with Crippen LogP contribution < -0.4 is 9.47 Å². The van der Waals surface area contributed by atoms with Gasteiger partial charge in [-0.05, 0) is 43.9 Å². The minimum Gasteiger partial charge on any atom is -0.490 e. The average molecular weight is 1300 g/mol. The molecule has 38 heteroatoms. The lowest BCUT2D eigenvalue weighted by atomic mass is 9.87. The van der Waals surface area contributed by atoms with Crippen LogP contribution in [0.4, 0.5) is 149 Å². The fourth-order valence-electron chi connectivity index (χ4n) is 7.32. The third kappa shape index (κ3) is 15.4.